The molecule has 0 aromatic heterocycles. The molecule has 0 bridgehead atoms. The van der Waals surface area contributed by atoms with Crippen LogP contribution in [0.3, 0.4) is 0 Å². The van der Waals surface area contributed by atoms with Crippen molar-refractivity contribution in [3.8, 4) is 0 Å². The minimum absolute atomic E-state index is 0.0485. The number of likely N-dealkylation sites (tertiary alicyclic amines) is 1. The van der Waals surface area contributed by atoms with Gasteiger partial charge in [0.1, 0.15) is 0 Å². The number of hydrogen-bond acceptors (Lipinski definition) is 4. The maximum atomic E-state index is 13.9. The third-order valence-corrected chi connectivity index (χ3v) is 7.57. The minimum Gasteiger partial charge on any atom is -0.318 e. The molecule has 1 aromatic carbocycles. The van der Waals surface area contributed by atoms with Gasteiger partial charge in [-0.25, -0.2) is 4.79 Å². The van der Waals surface area contributed by atoms with Crippen LogP contribution in [-0.2, 0) is 16.2 Å². The zero-order valence-corrected chi connectivity index (χ0v) is 20.2. The van der Waals surface area contributed by atoms with Gasteiger partial charge in [-0.15, -0.1) is 11.8 Å². The lowest BCUT2D eigenvalue weighted by Gasteiger charge is -2.36. The van der Waals surface area contributed by atoms with Crippen LogP contribution in [-0.4, -0.2) is 45.1 Å². The van der Waals surface area contributed by atoms with E-state index in [0.717, 1.165) is 37.7 Å². The molecule has 2 aliphatic rings. The number of piperidine rings is 1. The fraction of sp³-hybridized carbons (Fsp3) is 0.680. The van der Waals surface area contributed by atoms with Gasteiger partial charge in [-0.1, -0.05) is 70.4 Å². The van der Waals surface area contributed by atoms with E-state index in [2.05, 4.69) is 20.8 Å². The van der Waals surface area contributed by atoms with Gasteiger partial charge in [0.2, 0.25) is 0 Å². The Morgan fingerprint density at radius 1 is 1.03 bits per heavy atom. The number of carbonyl (C=O) groups excluding carboxylic acids is 2. The van der Waals surface area contributed by atoms with Crippen LogP contribution in [0.25, 0.3) is 0 Å². The first-order valence-electron chi connectivity index (χ1n) is 11.8. The normalized spacial score (nSPS) is 19.0. The Morgan fingerprint density at radius 3 is 2.26 bits per heavy atom. The van der Waals surface area contributed by atoms with Crippen LogP contribution in [0.2, 0.25) is 0 Å². The number of rotatable bonds is 5. The van der Waals surface area contributed by atoms with Crippen LogP contribution in [0.5, 0.6) is 0 Å². The Balaban J connectivity index is 1.81. The first-order chi connectivity index (χ1) is 14.8. The molecule has 172 valence electrons. The maximum absolute atomic E-state index is 13.9. The van der Waals surface area contributed by atoms with Crippen molar-refractivity contribution in [3.05, 3.63) is 35.9 Å². The number of thioether (sulfide) groups is 1. The second-order valence-corrected chi connectivity index (χ2v) is 11.8. The third kappa shape index (κ3) is 7.44. The Bertz CT molecular complexity index is 707. The largest absolute Gasteiger partial charge is 0.434 e. The summed E-state index contributed by atoms with van der Waals surface area (Å²) >= 11 is 1.72. The zero-order chi connectivity index (χ0) is 22.3. The number of hydroxylamine groups is 2. The van der Waals surface area contributed by atoms with E-state index >= 15 is 0 Å². The molecule has 6 heteroatoms. The monoisotopic (exact) mass is 446 g/mol. The maximum Gasteiger partial charge on any atom is 0.434 e. The van der Waals surface area contributed by atoms with Crippen molar-refractivity contribution in [1.29, 1.82) is 0 Å². The van der Waals surface area contributed by atoms with Crippen LogP contribution >= 0.6 is 11.8 Å². The molecule has 1 saturated heterocycles. The van der Waals surface area contributed by atoms with Gasteiger partial charge in [0.15, 0.2) is 0 Å². The van der Waals surface area contributed by atoms with E-state index in [-0.39, 0.29) is 22.4 Å². The smallest absolute Gasteiger partial charge is 0.318 e. The summed E-state index contributed by atoms with van der Waals surface area (Å²) in [6, 6.07) is 9.80. The van der Waals surface area contributed by atoms with Gasteiger partial charge in [-0.3, -0.25) is 4.79 Å². The summed E-state index contributed by atoms with van der Waals surface area (Å²) < 4.78 is -0.0485. The number of carbonyl (C=O) groups is 2. The molecule has 1 saturated carbocycles. The zero-order valence-electron chi connectivity index (χ0n) is 19.3. The highest BCUT2D eigenvalue weighted by Gasteiger charge is 2.38. The van der Waals surface area contributed by atoms with E-state index < -0.39 is 6.09 Å². The molecule has 3 rings (SSSR count). The molecular weight excluding hydrogens is 408 g/mol. The second-order valence-electron chi connectivity index (χ2n) is 9.81. The van der Waals surface area contributed by atoms with Crippen molar-refractivity contribution >= 4 is 23.8 Å². The van der Waals surface area contributed by atoms with E-state index in [1.165, 1.54) is 24.3 Å². The number of benzene rings is 1. The molecule has 2 fully saturated rings. The molecule has 5 nitrogen and oxygen atoms in total. The van der Waals surface area contributed by atoms with Crippen molar-refractivity contribution in [2.75, 3.05) is 13.1 Å². The third-order valence-electron chi connectivity index (χ3n) is 6.02. The van der Waals surface area contributed by atoms with E-state index in [1.54, 1.807) is 16.7 Å². The highest BCUT2D eigenvalue weighted by Crippen LogP contribution is 2.39. The molecule has 1 atom stereocenters. The summed E-state index contributed by atoms with van der Waals surface area (Å²) in [5.41, 5.74) is 0.963. The van der Waals surface area contributed by atoms with E-state index in [4.69, 9.17) is 4.84 Å². The lowest BCUT2D eigenvalue weighted by atomic mass is 9.86. The Morgan fingerprint density at radius 2 is 1.65 bits per heavy atom. The molecule has 1 aromatic rings. The fourth-order valence-corrected chi connectivity index (χ4v) is 5.89. The number of hydrogen-bond donors (Lipinski definition) is 0. The molecule has 0 radical (unpaired) electrons. The molecule has 1 aliphatic heterocycles. The van der Waals surface area contributed by atoms with Gasteiger partial charge in [0.05, 0.1) is 11.8 Å². The summed E-state index contributed by atoms with van der Waals surface area (Å²) in [4.78, 5) is 34.3. The SMILES string of the molecule is CC(C)(C)SC(C(=O)N(Cc1ccccc1)OC(=O)N1CCCCC1)C1CCCCC1. The lowest BCUT2D eigenvalue weighted by Crippen LogP contribution is -2.46. The van der Waals surface area contributed by atoms with Crippen molar-refractivity contribution in [2.45, 2.75) is 88.7 Å². The molecule has 0 spiro atoms. The van der Waals surface area contributed by atoms with Crippen LogP contribution in [0.15, 0.2) is 30.3 Å². The van der Waals surface area contributed by atoms with Crippen molar-refractivity contribution < 1.29 is 14.4 Å². The van der Waals surface area contributed by atoms with Gasteiger partial charge in [0, 0.05) is 17.8 Å². The van der Waals surface area contributed by atoms with Crippen LogP contribution in [0, 0.1) is 5.92 Å². The highest BCUT2D eigenvalue weighted by atomic mass is 32.2. The van der Waals surface area contributed by atoms with E-state index in [1.807, 2.05) is 30.3 Å². The summed E-state index contributed by atoms with van der Waals surface area (Å²) in [7, 11) is 0. The predicted octanol–water partition coefficient (Wildman–Crippen LogP) is 6.03. The standard InChI is InChI=1S/C25H38N2O3S/c1-25(2,3)31-22(21-15-9-5-10-16-21)23(28)27(19-20-13-7-4-8-14-20)30-24(29)26-17-11-6-12-18-26/h4,7-8,13-14,21-22H,5-6,9-12,15-19H2,1-3H3. The average molecular weight is 447 g/mol. The summed E-state index contributed by atoms with van der Waals surface area (Å²) in [5.74, 6) is 0.262. The predicted molar refractivity (Wildman–Crippen MR) is 127 cm³/mol. The van der Waals surface area contributed by atoms with Crippen molar-refractivity contribution in [3.63, 3.8) is 0 Å². The first kappa shape index (κ1) is 24.0. The molecule has 31 heavy (non-hydrogen) atoms. The molecular formula is C25H38N2O3S. The van der Waals surface area contributed by atoms with Gasteiger partial charge in [0.25, 0.3) is 5.91 Å². The molecule has 0 N–H and O–H groups in total. The summed E-state index contributed by atoms with van der Waals surface area (Å²) in [6.45, 7) is 8.16. The average Bonchev–Trinajstić information content (AvgIpc) is 2.78. The van der Waals surface area contributed by atoms with Crippen molar-refractivity contribution in [2.24, 2.45) is 5.92 Å². The number of amides is 2. The van der Waals surface area contributed by atoms with Crippen LogP contribution in [0.4, 0.5) is 4.79 Å². The van der Waals surface area contributed by atoms with Crippen molar-refractivity contribution in [1.82, 2.24) is 9.96 Å². The quantitative estimate of drug-likeness (QED) is 0.518. The van der Waals surface area contributed by atoms with Gasteiger partial charge in [-0.05, 0) is 43.6 Å². The summed E-state index contributed by atoms with van der Waals surface area (Å²) in [5, 5.41) is 1.16. The first-order valence-corrected chi connectivity index (χ1v) is 12.7. The van der Waals surface area contributed by atoms with Gasteiger partial charge < -0.3 is 9.74 Å². The van der Waals surface area contributed by atoms with Crippen LogP contribution in [0.1, 0.15) is 77.7 Å². The Kier molecular flexibility index (Phi) is 8.70. The minimum atomic E-state index is -0.396. The van der Waals surface area contributed by atoms with Crippen LogP contribution < -0.4 is 0 Å². The summed E-state index contributed by atoms with van der Waals surface area (Å²) in [6.07, 6.45) is 8.46. The van der Waals surface area contributed by atoms with Gasteiger partial charge >= 0.3 is 6.09 Å². The van der Waals surface area contributed by atoms with E-state index in [0.29, 0.717) is 19.0 Å². The molecule has 1 heterocycles. The highest BCUT2D eigenvalue weighted by molar-refractivity contribution is 8.01. The van der Waals surface area contributed by atoms with E-state index in [9.17, 15) is 9.59 Å². The lowest BCUT2D eigenvalue weighted by molar-refractivity contribution is -0.172. The molecule has 1 aliphatic carbocycles. The Labute approximate surface area is 191 Å². The van der Waals surface area contributed by atoms with Gasteiger partial charge in [-0.2, -0.15) is 5.06 Å². The molecule has 1 unspecified atom stereocenters. The Hall–Kier alpha value is -1.69. The number of nitrogens with zero attached hydrogens (tertiary/aromatic N) is 2. The fourth-order valence-electron chi connectivity index (χ4n) is 4.44. The second kappa shape index (κ2) is 11.3. The molecule has 2 amide bonds. The topological polar surface area (TPSA) is 49.9 Å².